The lowest BCUT2D eigenvalue weighted by atomic mass is 10.2. The highest BCUT2D eigenvalue weighted by molar-refractivity contribution is 7.94. The molecule has 0 amide bonds. The summed E-state index contributed by atoms with van der Waals surface area (Å²) in [4.78, 5) is -3.31. The summed E-state index contributed by atoms with van der Waals surface area (Å²) in [5.74, 6) is -5.70. The van der Waals surface area contributed by atoms with Gasteiger partial charge in [0.05, 0.1) is 52.2 Å². The Hall–Kier alpha value is -4.91. The largest absolute Gasteiger partial charge is 0.504 e. The van der Waals surface area contributed by atoms with Crippen LogP contribution in [-0.4, -0.2) is 106 Å². The van der Waals surface area contributed by atoms with E-state index in [-0.39, 0.29) is 33.4 Å². The number of benzene rings is 4. The zero-order chi connectivity index (χ0) is 49.3. The van der Waals surface area contributed by atoms with Gasteiger partial charge in [-0.05, 0) is 67.1 Å². The van der Waals surface area contributed by atoms with Gasteiger partial charge in [-0.15, -0.1) is 34.2 Å². The molecule has 0 fully saturated rings. The number of aryl methyl sites for hydroxylation is 1. The van der Waals surface area contributed by atoms with E-state index < -0.39 is 135 Å². The molecule has 8 N–H and O–H groups in total. The van der Waals surface area contributed by atoms with Gasteiger partial charge in [0, 0.05) is 4.90 Å². The van der Waals surface area contributed by atoms with Crippen LogP contribution in [0.15, 0.2) is 110 Å². The number of rotatable bonds is 23. The number of hydrogen-bond donors (Lipinski definition) is 8. The van der Waals surface area contributed by atoms with Crippen molar-refractivity contribution in [3.8, 4) is 17.2 Å². The molecule has 0 heterocycles. The second kappa shape index (κ2) is 22.3. The van der Waals surface area contributed by atoms with Crippen LogP contribution < -0.4 is 0 Å². The molecule has 4 aromatic carbocycles. The number of phenolic OH excluding ortho intramolecular Hbond substituents is 3. The van der Waals surface area contributed by atoms with Crippen molar-refractivity contribution < 1.29 is 109 Å². The minimum Gasteiger partial charge on any atom is -0.504 e. The fourth-order valence-electron chi connectivity index (χ4n) is 4.74. The van der Waals surface area contributed by atoms with Crippen LogP contribution in [0.2, 0.25) is 0 Å². The zero-order valence-electron chi connectivity index (χ0n) is 32.2. The molecule has 37 heteroatoms. The first-order chi connectivity index (χ1) is 30.7. The highest BCUT2D eigenvalue weighted by Crippen LogP contribution is 2.57. The average Bonchev–Trinajstić information content (AvgIpc) is 3.22. The molecule has 0 atom stereocenters. The monoisotopic (exact) mass is 1070 g/mol. The predicted octanol–water partition coefficient (Wildman–Crippen LogP) is 5.65. The van der Waals surface area contributed by atoms with E-state index in [0.29, 0.717) is 30.2 Å². The van der Waals surface area contributed by atoms with Crippen LogP contribution in [0.3, 0.4) is 0 Å². The summed E-state index contributed by atoms with van der Waals surface area (Å²) in [6.45, 7) is -0.213. The van der Waals surface area contributed by atoms with Gasteiger partial charge in [-0.3, -0.25) is 17.8 Å². The lowest BCUT2D eigenvalue weighted by Crippen LogP contribution is -2.16. The molecule has 0 bridgehead atoms. The molecule has 0 aliphatic heterocycles. The van der Waals surface area contributed by atoms with Gasteiger partial charge in [0.15, 0.2) is 66.3 Å². The Labute approximate surface area is 379 Å². The van der Waals surface area contributed by atoms with E-state index in [1.54, 1.807) is 0 Å². The number of nitrogens with zero attached hydrogens (tertiary/aromatic N) is 6. The van der Waals surface area contributed by atoms with Crippen molar-refractivity contribution in [2.45, 2.75) is 31.4 Å². The zero-order valence-corrected chi connectivity index (χ0v) is 37.9. The number of phenols is 3. The van der Waals surface area contributed by atoms with Gasteiger partial charge in [-0.25, -0.2) is 31.5 Å². The summed E-state index contributed by atoms with van der Waals surface area (Å²) < 4.78 is 167. The van der Waals surface area contributed by atoms with Gasteiger partial charge in [-0.1, -0.05) is 10.1 Å². The van der Waals surface area contributed by atoms with Crippen molar-refractivity contribution in [3.63, 3.8) is 0 Å². The highest BCUT2D eigenvalue weighted by Gasteiger charge is 2.28. The summed E-state index contributed by atoms with van der Waals surface area (Å²) in [7, 11) is -24.2. The van der Waals surface area contributed by atoms with E-state index in [9.17, 15) is 66.5 Å². The summed E-state index contributed by atoms with van der Waals surface area (Å²) in [5, 5.41) is 79.1. The van der Waals surface area contributed by atoms with Gasteiger partial charge in [-0.2, -0.15) is 30.4 Å². The Balaban J connectivity index is 1.89. The molecule has 0 aliphatic carbocycles. The normalized spacial score (nSPS) is 13.1. The Morgan fingerprint density at radius 1 is 0.561 bits per heavy atom. The van der Waals surface area contributed by atoms with Crippen LogP contribution >= 0.6 is 24.4 Å². The Morgan fingerprint density at radius 2 is 1.05 bits per heavy atom. The number of sulfone groups is 2. The standard InChI is InChI=1S/C29H28N6O24S7/c1-15-12-22(64(45,46)47)20(14-21(15)60-58-56-39)32-35-26-28(37)24(33-30-16-2-4-17(5-3-16)62(41,42)10-8-54-61-59-57-40)27(36)25(29(26)38)34-31-19-7-6-18(13-23(19)65(48,49)50)63(43,44)11-9-55-66(51,52)53/h2-7,12-14,36-40H,8-11H2,1H3,(H,45,46,47)(H,48,49,50)(H,51,52,53). The second-order valence-corrected chi connectivity index (χ2v) is 21.3. The number of hydrogen-bond acceptors (Lipinski definition) is 29. The first kappa shape index (κ1) is 53.7. The Morgan fingerprint density at radius 3 is 1.58 bits per heavy atom. The number of azo groups is 3. The minimum absolute atomic E-state index is 0.0117. The molecule has 0 spiro atoms. The molecule has 30 nitrogen and oxygen atoms in total. The summed E-state index contributed by atoms with van der Waals surface area (Å²) in [6.07, 6.45) is 0. The maximum atomic E-state index is 12.8. The SMILES string of the molecule is Cc1cc(S(=O)(=O)O)c(N=Nc2c(O)c(N=Nc3ccc(S(=O)(=O)CCOSOOO)cc3)c(O)c(N=Nc3ccc(S(=O)(=O)CCOS(=O)(=O)O)cc3S(=O)(=O)O)c2O)cc1SOOO. The third kappa shape index (κ3) is 14.5. The van der Waals surface area contributed by atoms with Gasteiger partial charge in [0.1, 0.15) is 21.2 Å². The van der Waals surface area contributed by atoms with Crippen molar-refractivity contribution in [3.05, 3.63) is 60.2 Å². The maximum absolute atomic E-state index is 12.8. The van der Waals surface area contributed by atoms with Crippen molar-refractivity contribution in [1.29, 1.82) is 0 Å². The maximum Gasteiger partial charge on any atom is 0.397 e. The van der Waals surface area contributed by atoms with Crippen LogP contribution in [0.4, 0.5) is 34.1 Å². The van der Waals surface area contributed by atoms with Gasteiger partial charge in [0.25, 0.3) is 20.2 Å². The predicted molar refractivity (Wildman–Crippen MR) is 218 cm³/mol. The molecule has 0 saturated heterocycles. The van der Waals surface area contributed by atoms with Crippen LogP contribution in [0.25, 0.3) is 0 Å². The molecular weight excluding hydrogens is 1040 g/mol. The van der Waals surface area contributed by atoms with E-state index in [1.165, 1.54) is 6.92 Å². The molecule has 66 heavy (non-hydrogen) atoms. The molecular formula is C29H28N6O24S7. The summed E-state index contributed by atoms with van der Waals surface area (Å²) >= 11 is 0.458. The Kier molecular flexibility index (Phi) is 18.1. The number of aromatic hydroxyl groups is 3. The Bertz CT molecular complexity index is 3120. The molecule has 0 radical (unpaired) electrons. The topological polar surface area (TPSA) is 462 Å². The third-order valence-electron chi connectivity index (χ3n) is 7.71. The molecule has 0 aromatic heterocycles. The smallest absolute Gasteiger partial charge is 0.397 e. The van der Waals surface area contributed by atoms with Gasteiger partial charge < -0.3 is 15.3 Å². The lowest BCUT2D eigenvalue weighted by Gasteiger charge is -2.11. The van der Waals surface area contributed by atoms with Crippen molar-refractivity contribution in [2.24, 2.45) is 30.7 Å². The third-order valence-corrected chi connectivity index (χ3v) is 14.4. The fraction of sp³-hybridized carbons (Fsp3) is 0.172. The van der Waals surface area contributed by atoms with Crippen LogP contribution in [-0.2, 0) is 77.4 Å². The summed E-state index contributed by atoms with van der Waals surface area (Å²) in [6, 6.07) is 7.81. The van der Waals surface area contributed by atoms with E-state index in [4.69, 9.17) is 19.3 Å². The molecule has 0 aliphatic rings. The van der Waals surface area contributed by atoms with E-state index >= 15 is 0 Å². The summed E-state index contributed by atoms with van der Waals surface area (Å²) in [5.41, 5.74) is -5.00. The average molecular weight is 1070 g/mol. The lowest BCUT2D eigenvalue weighted by molar-refractivity contribution is -0.434. The van der Waals surface area contributed by atoms with E-state index in [1.807, 2.05) is 0 Å². The molecule has 0 unspecified atom stereocenters. The van der Waals surface area contributed by atoms with Crippen molar-refractivity contribution in [2.75, 3.05) is 24.7 Å². The minimum atomic E-state index is -5.42. The van der Waals surface area contributed by atoms with Crippen LogP contribution in [0.5, 0.6) is 17.2 Å². The van der Waals surface area contributed by atoms with Crippen LogP contribution in [0.1, 0.15) is 5.56 Å². The fourth-order valence-corrected chi connectivity index (χ4v) is 9.53. The molecule has 4 rings (SSSR count). The van der Waals surface area contributed by atoms with Crippen molar-refractivity contribution in [1.82, 2.24) is 0 Å². The van der Waals surface area contributed by atoms with Gasteiger partial charge >= 0.3 is 10.4 Å². The molecule has 0 saturated carbocycles. The quantitative estimate of drug-likeness (QED) is 0.0111. The van der Waals surface area contributed by atoms with E-state index in [0.717, 1.165) is 36.4 Å². The first-order valence-corrected chi connectivity index (χ1v) is 25.5. The van der Waals surface area contributed by atoms with Crippen LogP contribution in [0, 0.1) is 6.92 Å². The van der Waals surface area contributed by atoms with Gasteiger partial charge in [0.2, 0.25) is 0 Å². The second-order valence-electron chi connectivity index (χ2n) is 12.0. The molecule has 4 aromatic rings. The van der Waals surface area contributed by atoms with Crippen molar-refractivity contribution >= 4 is 109 Å². The molecule has 360 valence electrons. The van der Waals surface area contributed by atoms with E-state index in [2.05, 4.69) is 53.6 Å². The first-order valence-electron chi connectivity index (χ1n) is 16.6. The highest BCUT2D eigenvalue weighted by atomic mass is 32.3.